The Kier molecular flexibility index (Phi) is 6.48. The lowest BCUT2D eigenvalue weighted by atomic mass is 10.1. The van der Waals surface area contributed by atoms with E-state index in [0.717, 1.165) is 38.3 Å². The Balaban J connectivity index is 1.83. The van der Waals surface area contributed by atoms with Crippen LogP contribution in [0.15, 0.2) is 18.2 Å². The van der Waals surface area contributed by atoms with E-state index in [1.165, 1.54) is 0 Å². The fourth-order valence-corrected chi connectivity index (χ4v) is 2.61. The molecule has 6 nitrogen and oxygen atoms in total. The summed E-state index contributed by atoms with van der Waals surface area (Å²) in [5, 5.41) is 6.28. The Morgan fingerprint density at radius 1 is 1.23 bits per heavy atom. The zero-order valence-corrected chi connectivity index (χ0v) is 13.4. The van der Waals surface area contributed by atoms with Crippen LogP contribution in [0.1, 0.15) is 5.56 Å². The predicted octanol–water partition coefficient (Wildman–Crippen LogP) is 0.268. The first-order chi connectivity index (χ1) is 10.7. The van der Waals surface area contributed by atoms with Crippen LogP contribution in [0.4, 0.5) is 0 Å². The van der Waals surface area contributed by atoms with Crippen molar-refractivity contribution in [3.63, 3.8) is 0 Å². The van der Waals surface area contributed by atoms with E-state index in [1.54, 1.807) is 14.2 Å². The summed E-state index contributed by atoms with van der Waals surface area (Å²) in [4.78, 5) is 14.5. The number of rotatable bonds is 7. The molecule has 6 heteroatoms. The smallest absolute Gasteiger partial charge is 0.224 e. The van der Waals surface area contributed by atoms with Crippen LogP contribution in [0.25, 0.3) is 0 Å². The van der Waals surface area contributed by atoms with Crippen LogP contribution in [-0.4, -0.2) is 64.3 Å². The molecule has 0 atom stereocenters. The van der Waals surface area contributed by atoms with E-state index in [-0.39, 0.29) is 12.3 Å². The van der Waals surface area contributed by atoms with Crippen molar-refractivity contribution in [3.05, 3.63) is 23.8 Å². The number of amides is 1. The standard InChI is InChI=1S/C16H25N3O3/c1-21-14-4-3-5-15(22-2)13(14)12-16(20)18-8-11-19-9-6-17-7-10-19/h3-5,17H,6-12H2,1-2H3,(H,18,20). The highest BCUT2D eigenvalue weighted by molar-refractivity contribution is 5.80. The quantitative estimate of drug-likeness (QED) is 0.757. The number of piperazine rings is 1. The average Bonchev–Trinajstić information content (AvgIpc) is 2.56. The van der Waals surface area contributed by atoms with Gasteiger partial charge in [0.15, 0.2) is 0 Å². The maximum atomic E-state index is 12.1. The second kappa shape index (κ2) is 8.60. The molecule has 1 fully saturated rings. The van der Waals surface area contributed by atoms with Crippen molar-refractivity contribution in [3.8, 4) is 11.5 Å². The highest BCUT2D eigenvalue weighted by atomic mass is 16.5. The summed E-state index contributed by atoms with van der Waals surface area (Å²) in [6.45, 7) is 5.66. The molecular formula is C16H25N3O3. The summed E-state index contributed by atoms with van der Waals surface area (Å²) in [5.74, 6) is 1.34. The Morgan fingerprint density at radius 3 is 2.45 bits per heavy atom. The molecule has 1 amide bonds. The van der Waals surface area contributed by atoms with E-state index in [0.29, 0.717) is 18.0 Å². The van der Waals surface area contributed by atoms with Crippen LogP contribution in [0.2, 0.25) is 0 Å². The molecule has 0 aromatic heterocycles. The molecule has 0 radical (unpaired) electrons. The number of ether oxygens (including phenoxy) is 2. The summed E-state index contributed by atoms with van der Waals surface area (Å²) >= 11 is 0. The highest BCUT2D eigenvalue weighted by Gasteiger charge is 2.14. The predicted molar refractivity (Wildman–Crippen MR) is 85.6 cm³/mol. The molecule has 1 aliphatic rings. The monoisotopic (exact) mass is 307 g/mol. The van der Waals surface area contributed by atoms with Crippen molar-refractivity contribution in [2.75, 3.05) is 53.5 Å². The molecule has 0 saturated carbocycles. The summed E-state index contributed by atoms with van der Waals surface area (Å²) in [6.07, 6.45) is 0.259. The van der Waals surface area contributed by atoms with Gasteiger partial charge in [-0.15, -0.1) is 0 Å². The molecule has 22 heavy (non-hydrogen) atoms. The fraction of sp³-hybridized carbons (Fsp3) is 0.562. The second-order valence-corrected chi connectivity index (χ2v) is 5.26. The highest BCUT2D eigenvalue weighted by Crippen LogP contribution is 2.28. The first-order valence-corrected chi connectivity index (χ1v) is 7.64. The van der Waals surface area contributed by atoms with Gasteiger partial charge in [-0.25, -0.2) is 0 Å². The van der Waals surface area contributed by atoms with Crippen LogP contribution < -0.4 is 20.1 Å². The molecule has 2 N–H and O–H groups in total. The second-order valence-electron chi connectivity index (χ2n) is 5.26. The van der Waals surface area contributed by atoms with Crippen molar-refractivity contribution in [2.24, 2.45) is 0 Å². The van der Waals surface area contributed by atoms with Gasteiger partial charge in [-0.2, -0.15) is 0 Å². The number of benzene rings is 1. The third-order valence-electron chi connectivity index (χ3n) is 3.83. The lowest BCUT2D eigenvalue weighted by molar-refractivity contribution is -0.120. The van der Waals surface area contributed by atoms with Crippen LogP contribution in [-0.2, 0) is 11.2 Å². The third kappa shape index (κ3) is 4.61. The van der Waals surface area contributed by atoms with E-state index in [9.17, 15) is 4.79 Å². The summed E-state index contributed by atoms with van der Waals surface area (Å²) in [5.41, 5.74) is 0.784. The van der Waals surface area contributed by atoms with Gasteiger partial charge in [0.1, 0.15) is 11.5 Å². The van der Waals surface area contributed by atoms with Crippen molar-refractivity contribution in [2.45, 2.75) is 6.42 Å². The minimum Gasteiger partial charge on any atom is -0.496 e. The number of hydrogen-bond donors (Lipinski definition) is 2. The number of hydrogen-bond acceptors (Lipinski definition) is 5. The van der Waals surface area contributed by atoms with Gasteiger partial charge in [0.05, 0.1) is 20.6 Å². The van der Waals surface area contributed by atoms with Crippen LogP contribution in [0.3, 0.4) is 0 Å². The Hall–Kier alpha value is -1.79. The Labute approximate surface area is 131 Å². The van der Waals surface area contributed by atoms with E-state index < -0.39 is 0 Å². The molecule has 2 rings (SSSR count). The molecule has 0 spiro atoms. The molecule has 1 saturated heterocycles. The first kappa shape index (κ1) is 16.6. The molecule has 0 bridgehead atoms. The fourth-order valence-electron chi connectivity index (χ4n) is 2.61. The summed E-state index contributed by atoms with van der Waals surface area (Å²) < 4.78 is 10.6. The molecule has 1 aromatic rings. The zero-order valence-electron chi connectivity index (χ0n) is 13.4. The molecule has 0 aliphatic carbocycles. The van der Waals surface area contributed by atoms with E-state index >= 15 is 0 Å². The van der Waals surface area contributed by atoms with Gasteiger partial charge in [-0.3, -0.25) is 9.69 Å². The first-order valence-electron chi connectivity index (χ1n) is 7.64. The number of nitrogens with one attached hydrogen (secondary N) is 2. The van der Waals surface area contributed by atoms with Crippen molar-refractivity contribution in [1.29, 1.82) is 0 Å². The maximum Gasteiger partial charge on any atom is 0.224 e. The van der Waals surface area contributed by atoms with Gasteiger partial charge in [0, 0.05) is 44.8 Å². The number of methoxy groups -OCH3 is 2. The number of carbonyl (C=O) groups excluding carboxylic acids is 1. The molecule has 1 aliphatic heterocycles. The van der Waals surface area contributed by atoms with Crippen LogP contribution in [0.5, 0.6) is 11.5 Å². The maximum absolute atomic E-state index is 12.1. The third-order valence-corrected chi connectivity index (χ3v) is 3.83. The normalized spacial score (nSPS) is 15.4. The zero-order chi connectivity index (χ0) is 15.8. The summed E-state index contributed by atoms with van der Waals surface area (Å²) in [6, 6.07) is 5.53. The average molecular weight is 307 g/mol. The molecule has 122 valence electrons. The van der Waals surface area contributed by atoms with Gasteiger partial charge < -0.3 is 20.1 Å². The Morgan fingerprint density at radius 2 is 1.86 bits per heavy atom. The lowest BCUT2D eigenvalue weighted by Crippen LogP contribution is -2.46. The number of nitrogens with zero attached hydrogens (tertiary/aromatic N) is 1. The van der Waals surface area contributed by atoms with E-state index in [2.05, 4.69) is 15.5 Å². The Bertz CT molecular complexity index is 465. The van der Waals surface area contributed by atoms with Gasteiger partial charge in [-0.05, 0) is 12.1 Å². The van der Waals surface area contributed by atoms with Gasteiger partial charge in [-0.1, -0.05) is 6.07 Å². The van der Waals surface area contributed by atoms with Crippen molar-refractivity contribution >= 4 is 5.91 Å². The molecule has 0 unspecified atom stereocenters. The topological polar surface area (TPSA) is 62.8 Å². The van der Waals surface area contributed by atoms with Crippen LogP contribution in [0, 0.1) is 0 Å². The summed E-state index contributed by atoms with van der Waals surface area (Å²) in [7, 11) is 3.20. The SMILES string of the molecule is COc1cccc(OC)c1CC(=O)NCCN1CCNCC1. The van der Waals surface area contributed by atoms with Gasteiger partial charge in [0.25, 0.3) is 0 Å². The van der Waals surface area contributed by atoms with Crippen LogP contribution >= 0.6 is 0 Å². The van der Waals surface area contributed by atoms with E-state index in [1.807, 2.05) is 18.2 Å². The minimum atomic E-state index is -0.0158. The van der Waals surface area contributed by atoms with E-state index in [4.69, 9.17) is 9.47 Å². The van der Waals surface area contributed by atoms with Gasteiger partial charge >= 0.3 is 0 Å². The van der Waals surface area contributed by atoms with Gasteiger partial charge in [0.2, 0.25) is 5.91 Å². The molecule has 1 heterocycles. The van der Waals surface area contributed by atoms with Crippen molar-refractivity contribution in [1.82, 2.24) is 15.5 Å². The largest absolute Gasteiger partial charge is 0.496 e. The minimum absolute atomic E-state index is 0.0158. The molecular weight excluding hydrogens is 282 g/mol. The lowest BCUT2D eigenvalue weighted by Gasteiger charge is -2.27. The molecule has 1 aromatic carbocycles. The van der Waals surface area contributed by atoms with Crippen molar-refractivity contribution < 1.29 is 14.3 Å². The number of carbonyl (C=O) groups is 1.